The van der Waals surface area contributed by atoms with E-state index in [1.54, 1.807) is 6.92 Å². The topological polar surface area (TPSA) is 46.2 Å². The fraction of sp³-hybridized carbons (Fsp3) is 1.00. The third-order valence-corrected chi connectivity index (χ3v) is 3.14. The van der Waals surface area contributed by atoms with Crippen molar-refractivity contribution >= 4 is 21.6 Å². The fourth-order valence-electron chi connectivity index (χ4n) is 0.925. The van der Waals surface area contributed by atoms with Crippen LogP contribution in [0, 0.1) is 0 Å². The van der Waals surface area contributed by atoms with Gasteiger partial charge >= 0.3 is 0 Å². The van der Waals surface area contributed by atoms with Gasteiger partial charge in [-0.2, -0.15) is 0 Å². The molecule has 0 aromatic carbocycles. The lowest BCUT2D eigenvalue weighted by Crippen LogP contribution is -2.34. The lowest BCUT2D eigenvalue weighted by atomic mass is 10.2. The Balaban J connectivity index is 3.93. The van der Waals surface area contributed by atoms with Gasteiger partial charge < -0.3 is 0 Å². The largest absolute Gasteiger partial charge is 0.212 e. The van der Waals surface area contributed by atoms with Crippen LogP contribution in [0.25, 0.3) is 0 Å². The van der Waals surface area contributed by atoms with Crippen molar-refractivity contribution in [1.29, 1.82) is 0 Å². The lowest BCUT2D eigenvalue weighted by molar-refractivity contribution is 0.546. The highest BCUT2D eigenvalue weighted by Crippen LogP contribution is 2.04. The SMILES string of the molecule is CCS(=O)(=O)NC(C)CC(C)Cl. The van der Waals surface area contributed by atoms with E-state index >= 15 is 0 Å². The van der Waals surface area contributed by atoms with Gasteiger partial charge in [0.15, 0.2) is 0 Å². The maximum Gasteiger partial charge on any atom is 0.211 e. The van der Waals surface area contributed by atoms with Gasteiger partial charge in [0.1, 0.15) is 0 Å². The molecule has 0 aliphatic rings. The van der Waals surface area contributed by atoms with Crippen LogP contribution in [0.1, 0.15) is 27.2 Å². The Hall–Kier alpha value is 0.200. The highest BCUT2D eigenvalue weighted by Gasteiger charge is 2.13. The van der Waals surface area contributed by atoms with Gasteiger partial charge in [0.25, 0.3) is 0 Å². The number of nitrogens with one attached hydrogen (secondary N) is 1. The molecule has 2 unspecified atom stereocenters. The van der Waals surface area contributed by atoms with Crippen molar-refractivity contribution in [2.24, 2.45) is 0 Å². The molecule has 2 atom stereocenters. The maximum absolute atomic E-state index is 11.0. The molecule has 1 N–H and O–H groups in total. The van der Waals surface area contributed by atoms with Gasteiger partial charge in [0.05, 0.1) is 5.75 Å². The summed E-state index contributed by atoms with van der Waals surface area (Å²) >= 11 is 5.71. The molecule has 0 radical (unpaired) electrons. The van der Waals surface area contributed by atoms with Gasteiger partial charge in [-0.05, 0) is 27.2 Å². The smallest absolute Gasteiger partial charge is 0.211 e. The number of hydrogen-bond donors (Lipinski definition) is 1. The van der Waals surface area contributed by atoms with Crippen LogP contribution in [-0.4, -0.2) is 25.6 Å². The first kappa shape index (κ1) is 12.2. The van der Waals surface area contributed by atoms with Gasteiger partial charge in [-0.25, -0.2) is 13.1 Å². The second kappa shape index (κ2) is 5.04. The van der Waals surface area contributed by atoms with Crippen LogP contribution in [0.15, 0.2) is 0 Å². The molecule has 0 aromatic heterocycles. The zero-order valence-corrected chi connectivity index (χ0v) is 9.24. The van der Waals surface area contributed by atoms with Crippen molar-refractivity contribution in [2.45, 2.75) is 38.6 Å². The van der Waals surface area contributed by atoms with Crippen LogP contribution >= 0.6 is 11.6 Å². The lowest BCUT2D eigenvalue weighted by Gasteiger charge is -2.13. The maximum atomic E-state index is 11.0. The molecule has 0 aliphatic carbocycles. The Kier molecular flexibility index (Phi) is 5.13. The molecular formula is C7H16ClNO2S. The van der Waals surface area contributed by atoms with E-state index < -0.39 is 10.0 Å². The second-order valence-corrected chi connectivity index (χ2v) is 5.73. The Bertz CT molecular complexity index is 213. The van der Waals surface area contributed by atoms with Crippen LogP contribution in [-0.2, 0) is 10.0 Å². The van der Waals surface area contributed by atoms with Crippen molar-refractivity contribution in [2.75, 3.05) is 5.75 Å². The molecule has 74 valence electrons. The number of hydrogen-bond acceptors (Lipinski definition) is 2. The Morgan fingerprint density at radius 1 is 1.42 bits per heavy atom. The Morgan fingerprint density at radius 3 is 2.25 bits per heavy atom. The minimum Gasteiger partial charge on any atom is -0.212 e. The van der Waals surface area contributed by atoms with E-state index in [1.165, 1.54) is 0 Å². The van der Waals surface area contributed by atoms with Gasteiger partial charge in [-0.15, -0.1) is 11.6 Å². The number of alkyl halides is 1. The molecule has 0 bridgehead atoms. The molecule has 3 nitrogen and oxygen atoms in total. The molecule has 0 amide bonds. The molecule has 0 aromatic rings. The van der Waals surface area contributed by atoms with E-state index in [1.807, 2.05) is 13.8 Å². The molecule has 12 heavy (non-hydrogen) atoms. The highest BCUT2D eigenvalue weighted by molar-refractivity contribution is 7.89. The first-order valence-corrected chi connectivity index (χ1v) is 6.10. The van der Waals surface area contributed by atoms with Gasteiger partial charge in [0, 0.05) is 11.4 Å². The molecule has 0 fully saturated rings. The molecule has 0 rings (SSSR count). The monoisotopic (exact) mass is 213 g/mol. The van der Waals surface area contributed by atoms with Crippen molar-refractivity contribution in [3.63, 3.8) is 0 Å². The molecule has 0 heterocycles. The third-order valence-electron chi connectivity index (χ3n) is 1.44. The molecule has 5 heteroatoms. The third kappa shape index (κ3) is 5.80. The second-order valence-electron chi connectivity index (χ2n) is 2.94. The average Bonchev–Trinajstić information content (AvgIpc) is 1.84. The number of halogens is 1. The Morgan fingerprint density at radius 2 is 1.92 bits per heavy atom. The van der Waals surface area contributed by atoms with E-state index in [9.17, 15) is 8.42 Å². The van der Waals surface area contributed by atoms with Crippen LogP contribution in [0.4, 0.5) is 0 Å². The van der Waals surface area contributed by atoms with E-state index in [0.29, 0.717) is 6.42 Å². The number of rotatable bonds is 5. The molecule has 0 saturated carbocycles. The summed E-state index contributed by atoms with van der Waals surface area (Å²) in [5, 5.41) is -0.000411. The van der Waals surface area contributed by atoms with Crippen molar-refractivity contribution in [3.8, 4) is 0 Å². The van der Waals surface area contributed by atoms with Gasteiger partial charge in [-0.1, -0.05) is 0 Å². The highest BCUT2D eigenvalue weighted by atomic mass is 35.5. The van der Waals surface area contributed by atoms with E-state index in [2.05, 4.69) is 4.72 Å². The van der Waals surface area contributed by atoms with Gasteiger partial charge in [-0.3, -0.25) is 0 Å². The van der Waals surface area contributed by atoms with Crippen molar-refractivity contribution in [1.82, 2.24) is 4.72 Å². The summed E-state index contributed by atoms with van der Waals surface area (Å²) in [6.07, 6.45) is 0.654. The minimum absolute atomic E-state index is 0.000411. The van der Waals surface area contributed by atoms with Crippen molar-refractivity contribution < 1.29 is 8.42 Å². The van der Waals surface area contributed by atoms with Crippen LogP contribution in [0.3, 0.4) is 0 Å². The summed E-state index contributed by atoms with van der Waals surface area (Å²) in [5.74, 6) is 0.119. The predicted octanol–water partition coefficient (Wildman–Crippen LogP) is 1.33. The molecule has 0 saturated heterocycles. The summed E-state index contributed by atoms with van der Waals surface area (Å²) < 4.78 is 24.6. The summed E-state index contributed by atoms with van der Waals surface area (Å²) in [4.78, 5) is 0. The summed E-state index contributed by atoms with van der Waals surface area (Å²) in [6.45, 7) is 5.27. The van der Waals surface area contributed by atoms with Crippen LogP contribution in [0.5, 0.6) is 0 Å². The van der Waals surface area contributed by atoms with Gasteiger partial charge in [0.2, 0.25) is 10.0 Å². The molecule has 0 aliphatic heterocycles. The number of sulfonamides is 1. The normalized spacial score (nSPS) is 17.3. The van der Waals surface area contributed by atoms with E-state index in [4.69, 9.17) is 11.6 Å². The molecular weight excluding hydrogens is 198 g/mol. The van der Waals surface area contributed by atoms with Crippen molar-refractivity contribution in [3.05, 3.63) is 0 Å². The summed E-state index contributed by atoms with van der Waals surface area (Å²) in [6, 6.07) is -0.0811. The summed E-state index contributed by atoms with van der Waals surface area (Å²) in [7, 11) is -3.07. The predicted molar refractivity (Wildman–Crippen MR) is 52.0 cm³/mol. The summed E-state index contributed by atoms with van der Waals surface area (Å²) in [5.41, 5.74) is 0. The van der Waals surface area contributed by atoms with E-state index in [-0.39, 0.29) is 17.2 Å². The minimum atomic E-state index is -3.07. The van der Waals surface area contributed by atoms with E-state index in [0.717, 1.165) is 0 Å². The zero-order valence-electron chi connectivity index (χ0n) is 7.67. The fourth-order valence-corrected chi connectivity index (χ4v) is 2.07. The Labute approximate surface area is 79.5 Å². The molecule has 0 spiro atoms. The first-order chi connectivity index (χ1) is 5.37. The standard InChI is InChI=1S/C7H16ClNO2S/c1-4-12(10,11)9-7(3)5-6(2)8/h6-7,9H,4-5H2,1-3H3. The first-order valence-electron chi connectivity index (χ1n) is 4.01. The average molecular weight is 214 g/mol. The van der Waals surface area contributed by atoms with Crippen LogP contribution in [0.2, 0.25) is 0 Å². The quantitative estimate of drug-likeness (QED) is 0.701. The zero-order chi connectivity index (χ0) is 9.78. The van der Waals surface area contributed by atoms with Crippen LogP contribution < -0.4 is 4.72 Å².